The van der Waals surface area contributed by atoms with Gasteiger partial charge in [-0.15, -0.1) is 0 Å². The molecule has 2 aromatic carbocycles. The molecule has 2 N–H and O–H groups in total. The van der Waals surface area contributed by atoms with E-state index in [1.165, 1.54) is 0 Å². The topological polar surface area (TPSA) is 43.3 Å². The second-order valence-electron chi connectivity index (χ2n) is 5.78. The van der Waals surface area contributed by atoms with Gasteiger partial charge in [0.1, 0.15) is 5.65 Å². The molecular weight excluding hydrogens is 353 g/mol. The van der Waals surface area contributed by atoms with Crippen LogP contribution in [0.2, 0.25) is 10.0 Å². The van der Waals surface area contributed by atoms with E-state index in [0.717, 1.165) is 33.6 Å². The van der Waals surface area contributed by atoms with E-state index >= 15 is 0 Å². The Hall–Kier alpha value is -2.33. The van der Waals surface area contributed by atoms with Crippen LogP contribution in [0.3, 0.4) is 0 Å². The molecule has 4 rings (SSSR count). The van der Waals surface area contributed by atoms with Crippen molar-refractivity contribution in [2.75, 3.05) is 0 Å². The van der Waals surface area contributed by atoms with E-state index in [0.29, 0.717) is 16.6 Å². The molecule has 2 heterocycles. The number of rotatable bonds is 3. The molecule has 0 saturated carbocycles. The Morgan fingerprint density at radius 1 is 0.960 bits per heavy atom. The summed E-state index contributed by atoms with van der Waals surface area (Å²) in [4.78, 5) is 4.53. The minimum atomic E-state index is 0.401. The largest absolute Gasteiger partial charge is 0.326 e. The highest BCUT2D eigenvalue weighted by Crippen LogP contribution is 2.34. The van der Waals surface area contributed by atoms with Crippen molar-refractivity contribution < 1.29 is 0 Å². The number of halogens is 2. The summed E-state index contributed by atoms with van der Waals surface area (Å²) in [6.07, 6.45) is 3.92. The van der Waals surface area contributed by atoms with Crippen molar-refractivity contribution in [3.05, 3.63) is 82.6 Å². The minimum Gasteiger partial charge on any atom is -0.326 e. The maximum absolute atomic E-state index is 6.42. The SMILES string of the molecule is NCc1cc2ncc(-c3ccccc3)n2cc1-c1ccc(Cl)cc1Cl. The van der Waals surface area contributed by atoms with Gasteiger partial charge in [-0.3, -0.25) is 4.40 Å². The van der Waals surface area contributed by atoms with Crippen molar-refractivity contribution in [1.82, 2.24) is 9.38 Å². The Morgan fingerprint density at radius 2 is 1.76 bits per heavy atom. The molecule has 0 atom stereocenters. The summed E-state index contributed by atoms with van der Waals surface area (Å²) in [6, 6.07) is 17.7. The average Bonchev–Trinajstić information content (AvgIpc) is 3.04. The van der Waals surface area contributed by atoms with E-state index < -0.39 is 0 Å². The summed E-state index contributed by atoms with van der Waals surface area (Å²) in [5, 5.41) is 1.21. The Morgan fingerprint density at radius 3 is 2.48 bits per heavy atom. The van der Waals surface area contributed by atoms with Crippen LogP contribution in [0.15, 0.2) is 67.0 Å². The number of hydrogen-bond donors (Lipinski definition) is 1. The molecule has 0 spiro atoms. The van der Waals surface area contributed by atoms with Crippen molar-refractivity contribution in [3.8, 4) is 22.4 Å². The van der Waals surface area contributed by atoms with Gasteiger partial charge in [-0.05, 0) is 23.8 Å². The number of nitrogens with zero attached hydrogens (tertiary/aromatic N) is 2. The third-order valence-corrected chi connectivity index (χ3v) is 4.79. The number of aromatic nitrogens is 2. The van der Waals surface area contributed by atoms with Crippen LogP contribution in [0.4, 0.5) is 0 Å². The van der Waals surface area contributed by atoms with Crippen molar-refractivity contribution in [2.24, 2.45) is 5.73 Å². The molecule has 4 aromatic rings. The zero-order valence-electron chi connectivity index (χ0n) is 13.3. The van der Waals surface area contributed by atoms with Gasteiger partial charge in [-0.25, -0.2) is 4.98 Å². The fourth-order valence-electron chi connectivity index (χ4n) is 3.01. The lowest BCUT2D eigenvalue weighted by Gasteiger charge is -2.12. The van der Waals surface area contributed by atoms with Crippen molar-refractivity contribution in [2.45, 2.75) is 6.54 Å². The molecule has 124 valence electrons. The Balaban J connectivity index is 1.97. The monoisotopic (exact) mass is 367 g/mol. The molecule has 0 bridgehead atoms. The number of fused-ring (bicyclic) bond motifs is 1. The second kappa shape index (κ2) is 6.52. The molecule has 0 amide bonds. The quantitative estimate of drug-likeness (QED) is 0.524. The van der Waals surface area contributed by atoms with Crippen LogP contribution in [0, 0.1) is 0 Å². The van der Waals surface area contributed by atoms with Crippen LogP contribution in [0.5, 0.6) is 0 Å². The van der Waals surface area contributed by atoms with Gasteiger partial charge in [0.05, 0.1) is 11.9 Å². The molecule has 0 unspecified atom stereocenters. The molecular formula is C20H15Cl2N3. The highest BCUT2D eigenvalue weighted by atomic mass is 35.5. The summed E-state index contributed by atoms with van der Waals surface area (Å²) >= 11 is 12.5. The molecule has 3 nitrogen and oxygen atoms in total. The Kier molecular flexibility index (Phi) is 4.22. The first-order valence-corrected chi connectivity index (χ1v) is 8.64. The smallest absolute Gasteiger partial charge is 0.137 e. The molecule has 0 aliphatic carbocycles. The number of benzene rings is 2. The van der Waals surface area contributed by atoms with Crippen molar-refractivity contribution in [1.29, 1.82) is 0 Å². The molecule has 0 saturated heterocycles. The second-order valence-corrected chi connectivity index (χ2v) is 6.62. The Bertz CT molecular complexity index is 1060. The van der Waals surface area contributed by atoms with Crippen molar-refractivity contribution in [3.63, 3.8) is 0 Å². The van der Waals surface area contributed by atoms with Crippen molar-refractivity contribution >= 4 is 28.8 Å². The summed E-state index contributed by atoms with van der Waals surface area (Å²) < 4.78 is 2.06. The van der Waals surface area contributed by atoms with Gasteiger partial charge in [-0.2, -0.15) is 0 Å². The van der Waals surface area contributed by atoms with E-state index in [4.69, 9.17) is 28.9 Å². The fraction of sp³-hybridized carbons (Fsp3) is 0.0500. The molecule has 0 aliphatic rings. The number of pyridine rings is 1. The highest BCUT2D eigenvalue weighted by molar-refractivity contribution is 6.36. The first-order chi connectivity index (χ1) is 12.2. The standard InChI is InChI=1S/C20H15Cl2N3/c21-15-6-7-16(18(22)9-15)17-12-25-19(13-4-2-1-3-5-13)11-24-20(25)8-14(17)10-23/h1-9,11-12H,10,23H2. The van der Waals surface area contributed by atoms with Crippen LogP contribution in [0.25, 0.3) is 28.0 Å². The first kappa shape index (κ1) is 16.2. The number of nitrogens with two attached hydrogens (primary N) is 1. The van der Waals surface area contributed by atoms with E-state index in [1.807, 2.05) is 48.8 Å². The number of imidazole rings is 1. The summed E-state index contributed by atoms with van der Waals surface area (Å²) in [5.41, 5.74) is 11.8. The minimum absolute atomic E-state index is 0.401. The normalized spacial score (nSPS) is 11.2. The van der Waals surface area contributed by atoms with E-state index in [-0.39, 0.29) is 0 Å². The highest BCUT2D eigenvalue weighted by Gasteiger charge is 2.13. The lowest BCUT2D eigenvalue weighted by Crippen LogP contribution is -2.02. The average molecular weight is 368 g/mol. The maximum Gasteiger partial charge on any atom is 0.137 e. The predicted molar refractivity (Wildman–Crippen MR) is 104 cm³/mol. The van der Waals surface area contributed by atoms with Crippen LogP contribution in [0.1, 0.15) is 5.56 Å². The summed E-state index contributed by atoms with van der Waals surface area (Å²) in [6.45, 7) is 0.401. The van der Waals surface area contributed by atoms with Gasteiger partial charge in [0, 0.05) is 39.5 Å². The third-order valence-electron chi connectivity index (χ3n) is 4.24. The van der Waals surface area contributed by atoms with E-state index in [2.05, 4.69) is 21.5 Å². The van der Waals surface area contributed by atoms with Gasteiger partial charge in [0.15, 0.2) is 0 Å². The lowest BCUT2D eigenvalue weighted by molar-refractivity contribution is 1.05. The third kappa shape index (κ3) is 2.91. The maximum atomic E-state index is 6.42. The molecule has 0 fully saturated rings. The fourth-order valence-corrected chi connectivity index (χ4v) is 3.52. The predicted octanol–water partition coefficient (Wildman–Crippen LogP) is 5.43. The molecule has 5 heteroatoms. The van der Waals surface area contributed by atoms with Crippen LogP contribution < -0.4 is 5.73 Å². The van der Waals surface area contributed by atoms with E-state index in [9.17, 15) is 0 Å². The molecule has 0 aliphatic heterocycles. The van der Waals surface area contributed by atoms with Gasteiger partial charge in [0.2, 0.25) is 0 Å². The van der Waals surface area contributed by atoms with Gasteiger partial charge in [0.25, 0.3) is 0 Å². The number of hydrogen-bond acceptors (Lipinski definition) is 2. The van der Waals surface area contributed by atoms with Crippen LogP contribution >= 0.6 is 23.2 Å². The van der Waals surface area contributed by atoms with Gasteiger partial charge >= 0.3 is 0 Å². The van der Waals surface area contributed by atoms with Crippen LogP contribution in [-0.2, 0) is 6.54 Å². The Labute approximate surface area is 155 Å². The van der Waals surface area contributed by atoms with Gasteiger partial charge < -0.3 is 5.73 Å². The lowest BCUT2D eigenvalue weighted by atomic mass is 10.0. The summed E-state index contributed by atoms with van der Waals surface area (Å²) in [5.74, 6) is 0. The van der Waals surface area contributed by atoms with Gasteiger partial charge in [-0.1, -0.05) is 59.6 Å². The zero-order valence-corrected chi connectivity index (χ0v) is 14.8. The molecule has 2 aromatic heterocycles. The van der Waals surface area contributed by atoms with E-state index in [1.54, 1.807) is 6.07 Å². The molecule has 0 radical (unpaired) electrons. The summed E-state index contributed by atoms with van der Waals surface area (Å²) in [7, 11) is 0. The first-order valence-electron chi connectivity index (χ1n) is 7.88. The van der Waals surface area contributed by atoms with Crippen LogP contribution in [-0.4, -0.2) is 9.38 Å². The zero-order chi connectivity index (χ0) is 17.4. The molecule has 25 heavy (non-hydrogen) atoms.